The number of alkyl halides is 6. The Labute approximate surface area is 86.3 Å². The molecule has 1 aromatic carbocycles. The predicted octanol–water partition coefficient (Wildman–Crippen LogP) is 3.52. The molecule has 1 aromatic rings. The number of aromatic hydroxyl groups is 1. The molecular weight excluding hydrogens is 238 g/mol. The molecule has 0 atom stereocenters. The third kappa shape index (κ3) is 3.63. The lowest BCUT2D eigenvalue weighted by Gasteiger charge is -2.11. The van der Waals surface area contributed by atoms with Crippen molar-refractivity contribution in [3.8, 4) is 5.75 Å². The summed E-state index contributed by atoms with van der Waals surface area (Å²) in [6, 6.07) is 1.40. The Hall–Kier alpha value is -1.40. The monoisotopic (exact) mass is 244 g/mol. The van der Waals surface area contributed by atoms with Gasteiger partial charge in [-0.05, 0) is 23.8 Å². The van der Waals surface area contributed by atoms with Gasteiger partial charge in [0.1, 0.15) is 5.75 Å². The Kier molecular flexibility index (Phi) is 3.07. The van der Waals surface area contributed by atoms with Crippen molar-refractivity contribution < 1.29 is 31.4 Å². The zero-order chi connectivity index (χ0) is 12.6. The second-order valence-corrected chi connectivity index (χ2v) is 3.18. The van der Waals surface area contributed by atoms with Gasteiger partial charge in [0.15, 0.2) is 0 Å². The summed E-state index contributed by atoms with van der Waals surface area (Å²) < 4.78 is 72.4. The molecule has 0 saturated carbocycles. The van der Waals surface area contributed by atoms with Gasteiger partial charge in [-0.2, -0.15) is 26.3 Å². The van der Waals surface area contributed by atoms with E-state index >= 15 is 0 Å². The van der Waals surface area contributed by atoms with Crippen LogP contribution in [0.3, 0.4) is 0 Å². The Balaban J connectivity index is 3.09. The van der Waals surface area contributed by atoms with Gasteiger partial charge in [0.25, 0.3) is 0 Å². The smallest absolute Gasteiger partial charge is 0.416 e. The zero-order valence-electron chi connectivity index (χ0n) is 7.65. The van der Waals surface area contributed by atoms with Crippen LogP contribution in [0.15, 0.2) is 18.2 Å². The number of hydrogen-bond acceptors (Lipinski definition) is 1. The molecule has 1 rings (SSSR count). The lowest BCUT2D eigenvalue weighted by Crippen LogP contribution is -2.13. The number of rotatable bonds is 1. The van der Waals surface area contributed by atoms with Gasteiger partial charge in [-0.25, -0.2) is 0 Å². The van der Waals surface area contributed by atoms with Crippen molar-refractivity contribution in [2.75, 3.05) is 0 Å². The number of benzene rings is 1. The number of phenolic OH excluding ortho intramolecular Hbond substituents is 1. The second-order valence-electron chi connectivity index (χ2n) is 3.18. The minimum atomic E-state index is -4.78. The van der Waals surface area contributed by atoms with Gasteiger partial charge in [0.05, 0.1) is 12.0 Å². The third-order valence-corrected chi connectivity index (χ3v) is 1.71. The van der Waals surface area contributed by atoms with Gasteiger partial charge in [-0.15, -0.1) is 0 Å². The van der Waals surface area contributed by atoms with Crippen LogP contribution in [-0.2, 0) is 12.6 Å². The maximum Gasteiger partial charge on any atom is 0.416 e. The van der Waals surface area contributed by atoms with E-state index in [1.807, 2.05) is 0 Å². The molecule has 0 aromatic heterocycles. The van der Waals surface area contributed by atoms with E-state index in [1.54, 1.807) is 0 Å². The van der Waals surface area contributed by atoms with Crippen LogP contribution in [0.25, 0.3) is 0 Å². The van der Waals surface area contributed by atoms with E-state index < -0.39 is 35.6 Å². The van der Waals surface area contributed by atoms with E-state index in [-0.39, 0.29) is 0 Å². The van der Waals surface area contributed by atoms with Gasteiger partial charge in [-0.3, -0.25) is 0 Å². The van der Waals surface area contributed by atoms with Crippen LogP contribution in [0.4, 0.5) is 26.3 Å². The highest BCUT2D eigenvalue weighted by atomic mass is 19.4. The summed E-state index contributed by atoms with van der Waals surface area (Å²) in [5.41, 5.74) is -1.92. The summed E-state index contributed by atoms with van der Waals surface area (Å²) in [6.45, 7) is 0. The van der Waals surface area contributed by atoms with Crippen LogP contribution in [0.1, 0.15) is 11.1 Å². The van der Waals surface area contributed by atoms with Gasteiger partial charge in [0.2, 0.25) is 0 Å². The van der Waals surface area contributed by atoms with Gasteiger partial charge >= 0.3 is 12.4 Å². The summed E-state index contributed by atoms with van der Waals surface area (Å²) in [6.07, 6.45) is -10.9. The molecule has 0 aliphatic rings. The van der Waals surface area contributed by atoms with Gasteiger partial charge < -0.3 is 5.11 Å². The fourth-order valence-corrected chi connectivity index (χ4v) is 1.17. The molecule has 0 amide bonds. The summed E-state index contributed by atoms with van der Waals surface area (Å²) in [7, 11) is 0. The fraction of sp³-hybridized carbons (Fsp3) is 0.333. The maximum atomic E-state index is 12.2. The Morgan fingerprint density at radius 2 is 1.50 bits per heavy atom. The second kappa shape index (κ2) is 3.88. The van der Waals surface area contributed by atoms with Gasteiger partial charge in [-0.1, -0.05) is 0 Å². The van der Waals surface area contributed by atoms with Crippen LogP contribution >= 0.6 is 0 Å². The maximum absolute atomic E-state index is 12.2. The number of phenols is 1. The molecule has 0 radical (unpaired) electrons. The molecule has 7 heteroatoms. The third-order valence-electron chi connectivity index (χ3n) is 1.71. The molecule has 0 unspecified atom stereocenters. The number of halogens is 6. The minimum absolute atomic E-state index is 0.368. The van der Waals surface area contributed by atoms with Crippen molar-refractivity contribution in [1.29, 1.82) is 0 Å². The van der Waals surface area contributed by atoms with Crippen molar-refractivity contribution in [3.63, 3.8) is 0 Å². The Morgan fingerprint density at radius 1 is 0.938 bits per heavy atom. The molecule has 90 valence electrons. The average Bonchev–Trinajstić information content (AvgIpc) is 1.97. The highest BCUT2D eigenvalue weighted by molar-refractivity contribution is 5.35. The van der Waals surface area contributed by atoms with E-state index in [1.165, 1.54) is 0 Å². The molecule has 0 saturated heterocycles. The first-order valence-electron chi connectivity index (χ1n) is 4.05. The molecule has 0 bridgehead atoms. The van der Waals surface area contributed by atoms with Crippen molar-refractivity contribution in [3.05, 3.63) is 29.3 Å². The molecule has 1 nitrogen and oxygen atoms in total. The molecule has 16 heavy (non-hydrogen) atoms. The van der Waals surface area contributed by atoms with Crippen LogP contribution in [0, 0.1) is 0 Å². The van der Waals surface area contributed by atoms with Crippen molar-refractivity contribution in [2.45, 2.75) is 18.8 Å². The summed E-state index contributed by atoms with van der Waals surface area (Å²) in [4.78, 5) is 0. The molecular formula is C9H6F6O. The minimum Gasteiger partial charge on any atom is -0.508 e. The van der Waals surface area contributed by atoms with E-state index in [0.29, 0.717) is 18.2 Å². The molecule has 1 N–H and O–H groups in total. The van der Waals surface area contributed by atoms with Crippen LogP contribution in [0.5, 0.6) is 5.75 Å². The van der Waals surface area contributed by atoms with Crippen LogP contribution < -0.4 is 0 Å². The van der Waals surface area contributed by atoms with E-state index in [0.717, 1.165) is 0 Å². The first-order valence-corrected chi connectivity index (χ1v) is 4.05. The van der Waals surface area contributed by atoms with Crippen molar-refractivity contribution >= 4 is 0 Å². The molecule has 0 aliphatic carbocycles. The molecule has 0 aliphatic heterocycles. The zero-order valence-corrected chi connectivity index (χ0v) is 7.65. The Bertz CT molecular complexity index is 379. The quantitative estimate of drug-likeness (QED) is 0.749. The highest BCUT2D eigenvalue weighted by Gasteiger charge is 2.33. The van der Waals surface area contributed by atoms with E-state index in [2.05, 4.69) is 0 Å². The van der Waals surface area contributed by atoms with Crippen molar-refractivity contribution in [2.24, 2.45) is 0 Å². The van der Waals surface area contributed by atoms with E-state index in [4.69, 9.17) is 5.11 Å². The fourth-order valence-electron chi connectivity index (χ4n) is 1.17. The Morgan fingerprint density at radius 3 is 1.94 bits per heavy atom. The summed E-state index contributed by atoms with van der Waals surface area (Å²) >= 11 is 0. The lowest BCUT2D eigenvalue weighted by molar-refractivity contribution is -0.138. The molecule has 0 fully saturated rings. The van der Waals surface area contributed by atoms with Crippen LogP contribution in [0.2, 0.25) is 0 Å². The molecule has 0 heterocycles. The normalized spacial score (nSPS) is 12.9. The molecule has 0 spiro atoms. The van der Waals surface area contributed by atoms with E-state index in [9.17, 15) is 26.3 Å². The summed E-state index contributed by atoms with van der Waals surface area (Å²) in [5.74, 6) is -0.839. The summed E-state index contributed by atoms with van der Waals surface area (Å²) in [5, 5.41) is 8.89. The number of hydrogen-bond donors (Lipinski definition) is 1. The SMILES string of the molecule is Oc1cc(CC(F)(F)F)cc(C(F)(F)F)c1. The van der Waals surface area contributed by atoms with Crippen molar-refractivity contribution in [1.82, 2.24) is 0 Å². The topological polar surface area (TPSA) is 20.2 Å². The predicted molar refractivity (Wildman–Crippen MR) is 42.9 cm³/mol. The average molecular weight is 244 g/mol. The standard InChI is InChI=1S/C9H6F6O/c10-8(11,12)4-5-1-6(9(13,14)15)3-7(16)2-5/h1-3,16H,4H2. The highest BCUT2D eigenvalue weighted by Crippen LogP contribution is 2.33. The first-order chi connectivity index (χ1) is 7.08. The first kappa shape index (κ1) is 12.7. The van der Waals surface area contributed by atoms with Crippen LogP contribution in [-0.4, -0.2) is 11.3 Å². The van der Waals surface area contributed by atoms with Gasteiger partial charge in [0, 0.05) is 0 Å². The lowest BCUT2D eigenvalue weighted by atomic mass is 10.1. The largest absolute Gasteiger partial charge is 0.508 e.